The first-order valence-electron chi connectivity index (χ1n) is 8.04. The summed E-state index contributed by atoms with van der Waals surface area (Å²) in [7, 11) is 0. The number of hydrogen-bond acceptors (Lipinski definition) is 4. The highest BCUT2D eigenvalue weighted by Crippen LogP contribution is 2.36. The van der Waals surface area contributed by atoms with Crippen LogP contribution in [0.1, 0.15) is 19.3 Å². The summed E-state index contributed by atoms with van der Waals surface area (Å²) in [6, 6.07) is 0. The van der Waals surface area contributed by atoms with E-state index in [0.29, 0.717) is 19.1 Å². The number of nitrogens with zero attached hydrogens (tertiary/aromatic N) is 2. The van der Waals surface area contributed by atoms with Crippen LogP contribution in [-0.4, -0.2) is 73.9 Å². The molecule has 3 heterocycles. The average Bonchev–Trinajstić information content (AvgIpc) is 3.23. The van der Waals surface area contributed by atoms with Crippen LogP contribution in [0.2, 0.25) is 0 Å². The van der Waals surface area contributed by atoms with Gasteiger partial charge in [-0.2, -0.15) is 0 Å². The molecule has 5 nitrogen and oxygen atoms in total. The number of morpholine rings is 2. The van der Waals surface area contributed by atoms with Gasteiger partial charge < -0.3 is 14.4 Å². The summed E-state index contributed by atoms with van der Waals surface area (Å²) in [6.45, 7) is 6.06. The summed E-state index contributed by atoms with van der Waals surface area (Å²) in [5, 5.41) is 0. The van der Waals surface area contributed by atoms with Gasteiger partial charge in [-0.05, 0) is 25.2 Å². The zero-order valence-corrected chi connectivity index (χ0v) is 12.0. The van der Waals surface area contributed by atoms with Crippen molar-refractivity contribution in [1.82, 2.24) is 9.80 Å². The van der Waals surface area contributed by atoms with Gasteiger partial charge in [0.05, 0.1) is 31.3 Å². The Balaban J connectivity index is 1.38. The second-order valence-corrected chi connectivity index (χ2v) is 6.74. The highest BCUT2D eigenvalue weighted by atomic mass is 16.5. The third kappa shape index (κ3) is 2.59. The molecular formula is C15H24N2O3. The van der Waals surface area contributed by atoms with Crippen LogP contribution in [-0.2, 0) is 14.3 Å². The number of rotatable bonds is 3. The van der Waals surface area contributed by atoms with E-state index in [-0.39, 0.29) is 18.1 Å². The lowest BCUT2D eigenvalue weighted by Gasteiger charge is -2.34. The van der Waals surface area contributed by atoms with Crippen LogP contribution < -0.4 is 0 Å². The third-order valence-corrected chi connectivity index (χ3v) is 5.09. The van der Waals surface area contributed by atoms with Crippen molar-refractivity contribution >= 4 is 5.91 Å². The minimum absolute atomic E-state index is 0.0855. The Morgan fingerprint density at radius 1 is 1.15 bits per heavy atom. The highest BCUT2D eigenvalue weighted by Gasteiger charge is 2.46. The Labute approximate surface area is 120 Å². The zero-order valence-electron chi connectivity index (χ0n) is 12.0. The largest absolute Gasteiger partial charge is 0.378 e. The van der Waals surface area contributed by atoms with Crippen LogP contribution in [0.25, 0.3) is 0 Å². The summed E-state index contributed by atoms with van der Waals surface area (Å²) >= 11 is 0. The molecule has 0 radical (unpaired) electrons. The lowest BCUT2D eigenvalue weighted by atomic mass is 9.98. The highest BCUT2D eigenvalue weighted by molar-refractivity contribution is 5.80. The number of amides is 1. The molecule has 5 heteroatoms. The van der Waals surface area contributed by atoms with Gasteiger partial charge in [0.1, 0.15) is 0 Å². The van der Waals surface area contributed by atoms with Gasteiger partial charge in [-0.25, -0.2) is 0 Å². The van der Waals surface area contributed by atoms with Gasteiger partial charge in [0.15, 0.2) is 0 Å². The Morgan fingerprint density at radius 3 is 2.70 bits per heavy atom. The zero-order chi connectivity index (χ0) is 13.5. The van der Waals surface area contributed by atoms with Gasteiger partial charge in [0.2, 0.25) is 5.91 Å². The van der Waals surface area contributed by atoms with E-state index in [0.717, 1.165) is 38.5 Å². The number of hydrogen-bond donors (Lipinski definition) is 0. The molecule has 4 rings (SSSR count). The van der Waals surface area contributed by atoms with Crippen molar-refractivity contribution in [3.05, 3.63) is 0 Å². The predicted octanol–water partition coefficient (Wildman–Crippen LogP) is 0.345. The Hall–Kier alpha value is -0.650. The molecule has 1 saturated carbocycles. The van der Waals surface area contributed by atoms with Crippen LogP contribution in [0, 0.1) is 11.8 Å². The van der Waals surface area contributed by atoms with Gasteiger partial charge in [0, 0.05) is 32.7 Å². The minimum Gasteiger partial charge on any atom is -0.378 e. The maximum Gasteiger partial charge on any atom is 0.228 e. The Morgan fingerprint density at radius 2 is 1.95 bits per heavy atom. The fraction of sp³-hybridized carbons (Fsp3) is 0.933. The fourth-order valence-corrected chi connectivity index (χ4v) is 3.83. The maximum absolute atomic E-state index is 12.7. The second kappa shape index (κ2) is 5.28. The van der Waals surface area contributed by atoms with Crippen molar-refractivity contribution < 1.29 is 14.3 Å². The normalized spacial score (nSPS) is 38.2. The van der Waals surface area contributed by atoms with E-state index >= 15 is 0 Å². The molecule has 0 aromatic carbocycles. The fourth-order valence-electron chi connectivity index (χ4n) is 3.83. The average molecular weight is 280 g/mol. The third-order valence-electron chi connectivity index (χ3n) is 5.09. The Kier molecular flexibility index (Phi) is 3.44. The molecule has 3 saturated heterocycles. The van der Waals surface area contributed by atoms with Crippen LogP contribution in [0.15, 0.2) is 0 Å². The van der Waals surface area contributed by atoms with Crippen LogP contribution in [0.4, 0.5) is 0 Å². The first-order valence-corrected chi connectivity index (χ1v) is 8.04. The molecule has 0 unspecified atom stereocenters. The second-order valence-electron chi connectivity index (χ2n) is 6.74. The van der Waals surface area contributed by atoms with Crippen LogP contribution in [0.5, 0.6) is 0 Å². The smallest absolute Gasteiger partial charge is 0.228 e. The molecule has 0 aromatic rings. The van der Waals surface area contributed by atoms with E-state index < -0.39 is 0 Å². The topological polar surface area (TPSA) is 42.0 Å². The van der Waals surface area contributed by atoms with E-state index in [1.807, 2.05) is 4.90 Å². The van der Waals surface area contributed by atoms with Gasteiger partial charge in [-0.1, -0.05) is 0 Å². The molecule has 20 heavy (non-hydrogen) atoms. The molecule has 0 aromatic heterocycles. The van der Waals surface area contributed by atoms with Crippen molar-refractivity contribution in [3.8, 4) is 0 Å². The van der Waals surface area contributed by atoms with Crippen LogP contribution in [0.3, 0.4) is 0 Å². The first-order chi connectivity index (χ1) is 9.79. The molecule has 0 N–H and O–H groups in total. The van der Waals surface area contributed by atoms with E-state index in [1.54, 1.807) is 0 Å². The van der Waals surface area contributed by atoms with Crippen molar-refractivity contribution in [2.24, 2.45) is 11.8 Å². The van der Waals surface area contributed by atoms with Crippen molar-refractivity contribution in [1.29, 1.82) is 0 Å². The number of fused-ring (bicyclic) bond motifs is 2. The maximum atomic E-state index is 12.7. The van der Waals surface area contributed by atoms with Gasteiger partial charge in [0.25, 0.3) is 0 Å². The summed E-state index contributed by atoms with van der Waals surface area (Å²) in [5.41, 5.74) is 0. The standard InChI is InChI=1S/C15H24N2O3/c18-15(17-3-5-19-6-4-17)13-7-12-9-16(8-11-1-2-11)10-14(13)20-12/h11-14H,1-10H2/t12-,13-,14+/m0/s1. The van der Waals surface area contributed by atoms with Crippen molar-refractivity contribution in [2.75, 3.05) is 45.9 Å². The summed E-state index contributed by atoms with van der Waals surface area (Å²) in [5.74, 6) is 1.30. The predicted molar refractivity (Wildman–Crippen MR) is 73.3 cm³/mol. The molecule has 4 aliphatic rings. The minimum atomic E-state index is 0.0855. The van der Waals surface area contributed by atoms with E-state index in [9.17, 15) is 4.79 Å². The van der Waals surface area contributed by atoms with E-state index in [4.69, 9.17) is 9.47 Å². The Bertz CT molecular complexity index is 379. The van der Waals surface area contributed by atoms with Crippen molar-refractivity contribution in [3.63, 3.8) is 0 Å². The molecule has 1 amide bonds. The molecule has 1 aliphatic carbocycles. The number of carbonyl (C=O) groups is 1. The summed E-state index contributed by atoms with van der Waals surface area (Å²) in [4.78, 5) is 17.2. The van der Waals surface area contributed by atoms with Gasteiger partial charge >= 0.3 is 0 Å². The summed E-state index contributed by atoms with van der Waals surface area (Å²) < 4.78 is 11.4. The summed E-state index contributed by atoms with van der Waals surface area (Å²) in [6.07, 6.45) is 4.11. The van der Waals surface area contributed by atoms with Gasteiger partial charge in [-0.15, -0.1) is 0 Å². The quantitative estimate of drug-likeness (QED) is 0.748. The lowest BCUT2D eigenvalue weighted by Crippen LogP contribution is -2.48. The molecule has 4 fully saturated rings. The SMILES string of the molecule is O=C([C@H]1C[C@H]2CN(CC3CC3)C[C@H]1O2)N1CCOCC1. The molecule has 2 bridgehead atoms. The van der Waals surface area contributed by atoms with Crippen LogP contribution >= 0.6 is 0 Å². The van der Waals surface area contributed by atoms with Gasteiger partial charge in [-0.3, -0.25) is 9.69 Å². The first kappa shape index (κ1) is 13.0. The lowest BCUT2D eigenvalue weighted by molar-refractivity contribution is -0.142. The van der Waals surface area contributed by atoms with Crippen molar-refractivity contribution in [2.45, 2.75) is 31.5 Å². The molecule has 3 aliphatic heterocycles. The van der Waals surface area contributed by atoms with E-state index in [1.165, 1.54) is 19.4 Å². The number of likely N-dealkylation sites (tertiary alicyclic amines) is 1. The number of carbonyl (C=O) groups excluding carboxylic acids is 1. The number of ether oxygens (including phenoxy) is 2. The molecule has 3 atom stereocenters. The molecule has 0 spiro atoms. The molecule has 112 valence electrons. The van der Waals surface area contributed by atoms with E-state index in [2.05, 4.69) is 4.90 Å². The monoisotopic (exact) mass is 280 g/mol. The molecular weight excluding hydrogens is 256 g/mol.